The van der Waals surface area contributed by atoms with E-state index in [1.807, 2.05) is 18.2 Å². The summed E-state index contributed by atoms with van der Waals surface area (Å²) in [4.78, 5) is 36.4. The molecule has 0 aliphatic carbocycles. The van der Waals surface area contributed by atoms with Gasteiger partial charge < -0.3 is 0 Å². The van der Waals surface area contributed by atoms with Gasteiger partial charge in [-0.3, -0.25) is 24.6 Å². The van der Waals surface area contributed by atoms with E-state index in [4.69, 9.17) is 11.6 Å². The van der Waals surface area contributed by atoms with Crippen molar-refractivity contribution in [1.82, 2.24) is 24.8 Å². The number of carbonyl (C=O) groups is 1. The van der Waals surface area contributed by atoms with Gasteiger partial charge in [-0.15, -0.1) is 4.83 Å². The van der Waals surface area contributed by atoms with Crippen LogP contribution in [0.5, 0.6) is 0 Å². The number of benzene rings is 2. The number of halogens is 1. The molecular formula is C23H20ClN5O4S2. The Balaban J connectivity index is 1.48. The lowest BCUT2D eigenvalue weighted by molar-refractivity contribution is -0.119. The zero-order valence-electron chi connectivity index (χ0n) is 18.2. The number of hydrogen-bond acceptors (Lipinski definition) is 7. The molecule has 9 nitrogen and oxygen atoms in total. The summed E-state index contributed by atoms with van der Waals surface area (Å²) in [5.74, 6) is -0.774. The smallest absolute Gasteiger partial charge is 0.262 e. The van der Waals surface area contributed by atoms with E-state index in [-0.39, 0.29) is 16.2 Å². The highest BCUT2D eigenvalue weighted by molar-refractivity contribution is 7.99. The Morgan fingerprint density at radius 3 is 2.51 bits per heavy atom. The summed E-state index contributed by atoms with van der Waals surface area (Å²) in [7, 11) is -3.97. The number of pyridine rings is 1. The van der Waals surface area contributed by atoms with Crippen LogP contribution in [0.15, 0.2) is 87.8 Å². The number of para-hydroxylation sites is 1. The first-order valence-electron chi connectivity index (χ1n) is 10.4. The number of hydrazine groups is 1. The largest absolute Gasteiger partial charge is 0.287 e. The number of amides is 1. The number of nitrogens with one attached hydrogen (secondary N) is 2. The zero-order valence-corrected chi connectivity index (χ0v) is 20.6. The SMILES string of the molecule is O=C(CSc1nc2ccccc2c(=O)n1CCc1ccccn1)NNS(=O)(=O)c1ccc(Cl)cc1. The molecule has 0 unspecified atom stereocenters. The van der Waals surface area contributed by atoms with E-state index in [0.29, 0.717) is 34.0 Å². The Morgan fingerprint density at radius 2 is 1.77 bits per heavy atom. The van der Waals surface area contributed by atoms with Crippen molar-refractivity contribution in [2.24, 2.45) is 0 Å². The molecule has 0 atom stereocenters. The van der Waals surface area contributed by atoms with Crippen LogP contribution in [-0.4, -0.2) is 34.6 Å². The van der Waals surface area contributed by atoms with Gasteiger partial charge in [-0.2, -0.15) is 0 Å². The Hall–Kier alpha value is -3.25. The summed E-state index contributed by atoms with van der Waals surface area (Å²) >= 11 is 6.82. The fraction of sp³-hybridized carbons (Fsp3) is 0.130. The van der Waals surface area contributed by atoms with Gasteiger partial charge in [0.05, 0.1) is 21.6 Å². The van der Waals surface area contributed by atoms with Crippen LogP contribution in [0.3, 0.4) is 0 Å². The standard InChI is InChI=1S/C23H20ClN5O4S2/c24-16-8-10-18(11-9-16)35(32,33)28-27-21(30)15-34-23-26-20-7-2-1-6-19(20)22(31)29(23)14-12-17-5-3-4-13-25-17/h1-11,13,28H,12,14-15H2,(H,27,30). The molecule has 2 N–H and O–H groups in total. The number of thioether (sulfide) groups is 1. The molecule has 2 aromatic heterocycles. The van der Waals surface area contributed by atoms with Crippen LogP contribution in [-0.2, 0) is 27.8 Å². The van der Waals surface area contributed by atoms with Gasteiger partial charge in [0.15, 0.2) is 5.16 Å². The molecular weight excluding hydrogens is 510 g/mol. The molecule has 12 heteroatoms. The van der Waals surface area contributed by atoms with Crippen LogP contribution in [0, 0.1) is 0 Å². The number of rotatable bonds is 9. The van der Waals surface area contributed by atoms with E-state index in [0.717, 1.165) is 17.5 Å². The number of carbonyl (C=O) groups excluding carboxylic acids is 1. The Morgan fingerprint density at radius 1 is 1.03 bits per heavy atom. The van der Waals surface area contributed by atoms with Crippen LogP contribution in [0.25, 0.3) is 10.9 Å². The number of hydrogen-bond donors (Lipinski definition) is 2. The number of fused-ring (bicyclic) bond motifs is 1. The predicted molar refractivity (Wildman–Crippen MR) is 135 cm³/mol. The maximum atomic E-state index is 13.1. The van der Waals surface area contributed by atoms with E-state index in [2.05, 4.69) is 20.2 Å². The average Bonchev–Trinajstić information content (AvgIpc) is 2.87. The molecule has 0 fully saturated rings. The summed E-state index contributed by atoms with van der Waals surface area (Å²) < 4.78 is 26.2. The van der Waals surface area contributed by atoms with Crippen molar-refractivity contribution in [3.63, 3.8) is 0 Å². The quantitative estimate of drug-likeness (QED) is 0.194. The molecule has 1 amide bonds. The number of aryl methyl sites for hydroxylation is 1. The molecule has 35 heavy (non-hydrogen) atoms. The summed E-state index contributed by atoms with van der Waals surface area (Å²) in [6.45, 7) is 0.320. The fourth-order valence-corrected chi connectivity index (χ4v) is 5.00. The van der Waals surface area contributed by atoms with Crippen molar-refractivity contribution < 1.29 is 13.2 Å². The van der Waals surface area contributed by atoms with E-state index >= 15 is 0 Å². The highest BCUT2D eigenvalue weighted by Gasteiger charge is 2.17. The van der Waals surface area contributed by atoms with Gasteiger partial charge in [0.2, 0.25) is 5.91 Å². The highest BCUT2D eigenvalue weighted by Crippen LogP contribution is 2.18. The molecule has 0 aliphatic heterocycles. The summed E-state index contributed by atoms with van der Waals surface area (Å²) in [6, 6.07) is 18.0. The topological polar surface area (TPSA) is 123 Å². The van der Waals surface area contributed by atoms with Crippen LogP contribution < -0.4 is 15.8 Å². The van der Waals surface area contributed by atoms with Crippen LogP contribution in [0.2, 0.25) is 5.02 Å². The number of nitrogens with zero attached hydrogens (tertiary/aromatic N) is 3. The van der Waals surface area contributed by atoms with Gasteiger partial charge >= 0.3 is 0 Å². The Bertz CT molecular complexity index is 1510. The third-order valence-electron chi connectivity index (χ3n) is 4.93. The van der Waals surface area contributed by atoms with Gasteiger partial charge in [0.1, 0.15) is 0 Å². The minimum absolute atomic E-state index is 0.0468. The number of aromatic nitrogens is 3. The summed E-state index contributed by atoms with van der Waals surface area (Å²) in [6.07, 6.45) is 2.18. The third kappa shape index (κ3) is 6.25. The molecule has 4 rings (SSSR count). The van der Waals surface area contributed by atoms with Gasteiger partial charge in [-0.05, 0) is 48.5 Å². The minimum Gasteiger partial charge on any atom is -0.287 e. The second-order valence-corrected chi connectivity index (χ2v) is 10.4. The van der Waals surface area contributed by atoms with Crippen LogP contribution in [0.1, 0.15) is 5.69 Å². The van der Waals surface area contributed by atoms with Gasteiger partial charge in [0.25, 0.3) is 15.6 Å². The van der Waals surface area contributed by atoms with Crippen molar-refractivity contribution in [3.8, 4) is 0 Å². The lowest BCUT2D eigenvalue weighted by Crippen LogP contribution is -2.42. The van der Waals surface area contributed by atoms with Gasteiger partial charge in [-0.1, -0.05) is 41.6 Å². The van der Waals surface area contributed by atoms with Gasteiger partial charge in [-0.25, -0.2) is 13.4 Å². The first kappa shape index (κ1) is 24.9. The first-order valence-corrected chi connectivity index (χ1v) is 13.3. The van der Waals surface area contributed by atoms with Crippen molar-refractivity contribution in [2.45, 2.75) is 23.0 Å². The highest BCUT2D eigenvalue weighted by atomic mass is 35.5. The first-order chi connectivity index (χ1) is 16.8. The molecule has 0 saturated carbocycles. The lowest BCUT2D eigenvalue weighted by Gasteiger charge is -2.13. The van der Waals surface area contributed by atoms with E-state index in [1.54, 1.807) is 30.5 Å². The fourth-order valence-electron chi connectivity index (χ4n) is 3.19. The molecule has 4 aromatic rings. The normalized spacial score (nSPS) is 11.5. The zero-order chi connectivity index (χ0) is 24.8. The summed E-state index contributed by atoms with van der Waals surface area (Å²) in [5, 5.41) is 1.21. The maximum Gasteiger partial charge on any atom is 0.262 e. The Labute approximate surface area is 210 Å². The van der Waals surface area contributed by atoms with Gasteiger partial charge in [0, 0.05) is 29.9 Å². The molecule has 2 aromatic carbocycles. The molecule has 0 spiro atoms. The van der Waals surface area contributed by atoms with Crippen LogP contribution in [0.4, 0.5) is 0 Å². The van der Waals surface area contributed by atoms with E-state index in [9.17, 15) is 18.0 Å². The third-order valence-corrected chi connectivity index (χ3v) is 7.42. The van der Waals surface area contributed by atoms with Crippen LogP contribution >= 0.6 is 23.4 Å². The second kappa shape index (κ2) is 11.0. The Kier molecular flexibility index (Phi) is 7.81. The molecule has 180 valence electrons. The van der Waals surface area contributed by atoms with Crippen molar-refractivity contribution in [2.75, 3.05) is 5.75 Å². The van der Waals surface area contributed by atoms with E-state index in [1.165, 1.54) is 28.8 Å². The predicted octanol–water partition coefficient (Wildman–Crippen LogP) is 2.79. The van der Waals surface area contributed by atoms with E-state index < -0.39 is 15.9 Å². The minimum atomic E-state index is -3.97. The molecule has 2 heterocycles. The van der Waals surface area contributed by atoms with Crippen molar-refractivity contribution >= 4 is 50.2 Å². The molecule has 0 saturated heterocycles. The maximum absolute atomic E-state index is 13.1. The summed E-state index contributed by atoms with van der Waals surface area (Å²) in [5.41, 5.74) is 3.28. The molecule has 0 bridgehead atoms. The van der Waals surface area contributed by atoms with Crippen molar-refractivity contribution in [1.29, 1.82) is 0 Å². The molecule has 0 radical (unpaired) electrons. The second-order valence-electron chi connectivity index (χ2n) is 7.34. The monoisotopic (exact) mass is 529 g/mol. The lowest BCUT2D eigenvalue weighted by atomic mass is 10.2. The number of sulfonamides is 1. The molecule has 0 aliphatic rings. The van der Waals surface area contributed by atoms with Crippen molar-refractivity contribution in [3.05, 3.63) is 94.0 Å². The average molecular weight is 530 g/mol.